The van der Waals surface area contributed by atoms with Crippen molar-refractivity contribution in [2.45, 2.75) is 50.2 Å². The van der Waals surface area contributed by atoms with Crippen LogP contribution >= 0.6 is 0 Å². The molecule has 0 radical (unpaired) electrons. The van der Waals surface area contributed by atoms with Gasteiger partial charge in [0.05, 0.1) is 31.6 Å². The number of methoxy groups -OCH3 is 1. The Morgan fingerprint density at radius 1 is 1.22 bits per heavy atom. The van der Waals surface area contributed by atoms with Crippen LogP contribution in [0.4, 0.5) is 0 Å². The fourth-order valence-electron chi connectivity index (χ4n) is 4.40. The van der Waals surface area contributed by atoms with Crippen LogP contribution in [0.5, 0.6) is 11.6 Å². The molecule has 2 aromatic heterocycles. The molecule has 0 saturated carbocycles. The lowest BCUT2D eigenvalue weighted by atomic mass is 9.92. The molecule has 0 spiro atoms. The van der Waals surface area contributed by atoms with Crippen LogP contribution in [0.15, 0.2) is 36.9 Å². The van der Waals surface area contributed by atoms with E-state index >= 15 is 0 Å². The zero-order valence-electron chi connectivity index (χ0n) is 19.9. The van der Waals surface area contributed by atoms with Crippen LogP contribution in [-0.4, -0.2) is 78.4 Å². The zero-order chi connectivity index (χ0) is 26.5. The third-order valence-electron chi connectivity index (χ3n) is 6.34. The van der Waals surface area contributed by atoms with E-state index in [1.54, 1.807) is 16.7 Å². The second-order valence-electron chi connectivity index (χ2n) is 8.68. The van der Waals surface area contributed by atoms with Crippen LogP contribution in [-0.2, 0) is 30.3 Å². The number of hydrogen-bond acceptors (Lipinski definition) is 11. The second-order valence-corrected chi connectivity index (χ2v) is 8.68. The molecular formula is C24H27N5O8. The molecule has 37 heavy (non-hydrogen) atoms. The van der Waals surface area contributed by atoms with Crippen molar-refractivity contribution in [1.29, 1.82) is 0 Å². The van der Waals surface area contributed by atoms with E-state index in [9.17, 15) is 29.7 Å². The smallest absolute Gasteiger partial charge is 0.328 e. The molecule has 1 aliphatic rings. The molecule has 1 saturated heterocycles. The first kappa shape index (κ1) is 26.0. The average molecular weight is 514 g/mol. The van der Waals surface area contributed by atoms with Gasteiger partial charge in [-0.25, -0.2) is 14.8 Å². The van der Waals surface area contributed by atoms with Crippen molar-refractivity contribution in [2.24, 2.45) is 5.92 Å². The molecule has 4 N–H and O–H groups in total. The summed E-state index contributed by atoms with van der Waals surface area (Å²) < 4.78 is 12.4. The number of nitrogens with one attached hydrogen (secondary N) is 1. The number of amides is 1. The lowest BCUT2D eigenvalue weighted by Crippen LogP contribution is -2.50. The van der Waals surface area contributed by atoms with E-state index in [4.69, 9.17) is 9.47 Å². The first-order valence-electron chi connectivity index (χ1n) is 11.6. The third-order valence-corrected chi connectivity index (χ3v) is 6.34. The fraction of sp³-hybridized carbons (Fsp3) is 0.417. The van der Waals surface area contributed by atoms with Crippen LogP contribution in [0.2, 0.25) is 0 Å². The van der Waals surface area contributed by atoms with Crippen molar-refractivity contribution < 1.29 is 39.2 Å². The largest absolute Gasteiger partial charge is 0.508 e. The monoisotopic (exact) mass is 513 g/mol. The van der Waals surface area contributed by atoms with Gasteiger partial charge in [-0.3, -0.25) is 9.36 Å². The molecule has 3 aromatic rings. The Kier molecular flexibility index (Phi) is 7.94. The van der Waals surface area contributed by atoms with Crippen molar-refractivity contribution in [2.75, 3.05) is 7.11 Å². The number of phenolic OH excluding ortho intramolecular Hbond substituents is 1. The number of aromatic hydroxyl groups is 2. The summed E-state index contributed by atoms with van der Waals surface area (Å²) in [5.74, 6) is -2.80. The highest BCUT2D eigenvalue weighted by molar-refractivity contribution is 5.87. The van der Waals surface area contributed by atoms with Gasteiger partial charge in [-0.05, 0) is 30.5 Å². The number of aldehydes is 1. The normalized spacial score (nSPS) is 19.7. The molecule has 5 atom stereocenters. The van der Waals surface area contributed by atoms with Crippen LogP contribution in [0.1, 0.15) is 31.1 Å². The van der Waals surface area contributed by atoms with Gasteiger partial charge >= 0.3 is 5.97 Å². The molecule has 13 nitrogen and oxygen atoms in total. The van der Waals surface area contributed by atoms with Gasteiger partial charge in [0.1, 0.15) is 30.6 Å². The number of aliphatic hydroxyl groups excluding tert-OH is 1. The lowest BCUT2D eigenvalue weighted by molar-refractivity contribution is -0.147. The Morgan fingerprint density at radius 3 is 2.68 bits per heavy atom. The Hall–Kier alpha value is -4.10. The van der Waals surface area contributed by atoms with Gasteiger partial charge in [0.25, 0.3) is 0 Å². The van der Waals surface area contributed by atoms with E-state index in [0.717, 1.165) is 0 Å². The number of carbonyl (C=O) groups is 3. The van der Waals surface area contributed by atoms with E-state index in [1.165, 1.54) is 31.9 Å². The van der Waals surface area contributed by atoms with E-state index in [2.05, 4.69) is 20.3 Å². The molecule has 3 unspecified atom stereocenters. The maximum Gasteiger partial charge on any atom is 0.328 e. The topological polar surface area (TPSA) is 186 Å². The third kappa shape index (κ3) is 5.67. The Balaban J connectivity index is 1.46. The molecule has 0 bridgehead atoms. The first-order valence-corrected chi connectivity index (χ1v) is 11.6. The maximum atomic E-state index is 13.1. The molecule has 1 aromatic carbocycles. The average Bonchev–Trinajstić information content (AvgIpc) is 3.55. The van der Waals surface area contributed by atoms with Crippen molar-refractivity contribution in [1.82, 2.24) is 24.8 Å². The van der Waals surface area contributed by atoms with Crippen molar-refractivity contribution in [3.63, 3.8) is 0 Å². The number of imidazole rings is 1. The predicted molar refractivity (Wildman–Crippen MR) is 126 cm³/mol. The quantitative estimate of drug-likeness (QED) is 0.217. The Bertz CT molecular complexity index is 1260. The van der Waals surface area contributed by atoms with Crippen LogP contribution in [0.25, 0.3) is 11.2 Å². The number of esters is 1. The first-order chi connectivity index (χ1) is 17.8. The van der Waals surface area contributed by atoms with Gasteiger partial charge < -0.3 is 34.9 Å². The molecule has 13 heteroatoms. The van der Waals surface area contributed by atoms with Crippen LogP contribution in [0, 0.1) is 5.92 Å². The summed E-state index contributed by atoms with van der Waals surface area (Å²) >= 11 is 0. The molecule has 196 valence electrons. The minimum atomic E-state index is -1.35. The molecule has 3 heterocycles. The van der Waals surface area contributed by atoms with Crippen molar-refractivity contribution in [3.05, 3.63) is 42.5 Å². The van der Waals surface area contributed by atoms with Gasteiger partial charge in [0.2, 0.25) is 11.8 Å². The second kappa shape index (κ2) is 11.3. The standard InChI is InChI=1S/C24H27N5O8/c1-36-24(35)16(10-13-2-4-14(31)5-3-13)28-22(33)15(8-9-30)20(32)17-6-7-18(37-17)29-12-27-19-21(29)25-11-26-23(19)34/h2-5,9,11-12,15-18,20,31-32H,6-8,10H2,1H3,(H,28,33)(H,25,26,34)/t15?,16?,17-,18+,20?/m0/s1. The SMILES string of the molecule is COC(=O)C(Cc1ccc(O)cc1)NC(=O)C(CC=O)C(O)[C@@H]1CC[C@H](n2cnc3c(O)ncnc32)O1. The number of fused-ring (bicyclic) bond motifs is 1. The summed E-state index contributed by atoms with van der Waals surface area (Å²) in [6.45, 7) is 0. The van der Waals surface area contributed by atoms with Gasteiger partial charge in [0.15, 0.2) is 11.2 Å². The number of aliphatic hydroxyl groups is 1. The summed E-state index contributed by atoms with van der Waals surface area (Å²) in [5.41, 5.74) is 1.21. The van der Waals surface area contributed by atoms with Gasteiger partial charge in [-0.15, -0.1) is 0 Å². The van der Waals surface area contributed by atoms with Gasteiger partial charge in [-0.2, -0.15) is 4.98 Å². The summed E-state index contributed by atoms with van der Waals surface area (Å²) in [4.78, 5) is 48.8. The molecule has 1 fully saturated rings. The fourth-order valence-corrected chi connectivity index (χ4v) is 4.40. The predicted octanol–water partition coefficient (Wildman–Crippen LogP) is 0.382. The van der Waals surface area contributed by atoms with Crippen LogP contribution < -0.4 is 5.32 Å². The molecule has 4 rings (SSSR count). The summed E-state index contributed by atoms with van der Waals surface area (Å²) in [7, 11) is 1.19. The molecule has 1 aliphatic heterocycles. The number of hydrogen-bond donors (Lipinski definition) is 4. The number of carbonyl (C=O) groups excluding carboxylic acids is 3. The van der Waals surface area contributed by atoms with E-state index in [-0.39, 0.29) is 30.0 Å². The van der Waals surface area contributed by atoms with E-state index < -0.39 is 42.3 Å². The summed E-state index contributed by atoms with van der Waals surface area (Å²) in [6.07, 6.45) is 1.06. The number of benzene rings is 1. The number of ether oxygens (including phenoxy) is 2. The highest BCUT2D eigenvalue weighted by atomic mass is 16.5. The highest BCUT2D eigenvalue weighted by Crippen LogP contribution is 2.34. The number of phenols is 1. The lowest BCUT2D eigenvalue weighted by Gasteiger charge is -2.27. The number of rotatable bonds is 10. The van der Waals surface area contributed by atoms with E-state index in [0.29, 0.717) is 30.3 Å². The Labute approximate surface area is 211 Å². The zero-order valence-corrected chi connectivity index (χ0v) is 19.9. The number of aromatic nitrogens is 4. The van der Waals surface area contributed by atoms with Crippen molar-refractivity contribution in [3.8, 4) is 11.6 Å². The molecule has 0 aliphatic carbocycles. The van der Waals surface area contributed by atoms with Crippen molar-refractivity contribution >= 4 is 29.3 Å². The number of nitrogens with zero attached hydrogens (tertiary/aromatic N) is 4. The van der Waals surface area contributed by atoms with Gasteiger partial charge in [-0.1, -0.05) is 12.1 Å². The minimum Gasteiger partial charge on any atom is -0.508 e. The Morgan fingerprint density at radius 2 is 1.97 bits per heavy atom. The minimum absolute atomic E-state index is 0.0550. The van der Waals surface area contributed by atoms with E-state index in [1.807, 2.05) is 0 Å². The van der Waals surface area contributed by atoms with Crippen LogP contribution in [0.3, 0.4) is 0 Å². The highest BCUT2D eigenvalue weighted by Gasteiger charge is 2.40. The maximum absolute atomic E-state index is 13.1. The summed E-state index contributed by atoms with van der Waals surface area (Å²) in [6, 6.07) is 5.04. The molecule has 1 amide bonds. The summed E-state index contributed by atoms with van der Waals surface area (Å²) in [5, 5.41) is 33.0. The van der Waals surface area contributed by atoms with Gasteiger partial charge in [0, 0.05) is 12.8 Å². The molecular weight excluding hydrogens is 486 g/mol.